The molecule has 4 heterocycles. The van der Waals surface area contributed by atoms with E-state index in [-0.39, 0.29) is 23.9 Å². The van der Waals surface area contributed by atoms with E-state index >= 15 is 0 Å². The maximum absolute atomic E-state index is 14.2. The molecule has 0 aliphatic carbocycles. The van der Waals surface area contributed by atoms with Crippen LogP contribution in [0.1, 0.15) is 44.9 Å². The topological polar surface area (TPSA) is 84.2 Å². The number of rotatable bonds is 5. The van der Waals surface area contributed by atoms with Crippen molar-refractivity contribution in [3.8, 4) is 16.9 Å². The molecule has 0 radical (unpaired) electrons. The van der Waals surface area contributed by atoms with Crippen LogP contribution in [0.3, 0.4) is 0 Å². The van der Waals surface area contributed by atoms with Crippen LogP contribution in [0.5, 0.6) is 0 Å². The molecule has 1 aliphatic rings. The summed E-state index contributed by atoms with van der Waals surface area (Å²) >= 11 is 6.81. The Morgan fingerprint density at radius 3 is 2.59 bits per heavy atom. The minimum atomic E-state index is -0.519. The van der Waals surface area contributed by atoms with Gasteiger partial charge < -0.3 is 9.80 Å². The molecule has 0 spiro atoms. The number of aromatic nitrogens is 4. The van der Waals surface area contributed by atoms with E-state index in [1.54, 1.807) is 29.3 Å². The Balaban J connectivity index is 1.82. The van der Waals surface area contributed by atoms with Gasteiger partial charge in [0.05, 0.1) is 27.5 Å². The third-order valence-electron chi connectivity index (χ3n) is 7.54. The molecule has 10 heteroatoms. The zero-order valence-electron chi connectivity index (χ0n) is 23.7. The molecule has 1 aromatic carbocycles. The fourth-order valence-corrected chi connectivity index (χ4v) is 5.76. The number of nitrogens with zero attached hydrogens (tertiary/aromatic N) is 6. The Bertz CT molecular complexity index is 1740. The molecule has 1 fully saturated rings. The molecule has 8 nitrogen and oxygen atoms in total. The lowest BCUT2D eigenvalue weighted by Crippen LogP contribution is -2.58. The smallest absolute Gasteiger partial charge is 0.349 e. The summed E-state index contributed by atoms with van der Waals surface area (Å²) in [5.74, 6) is -0.125. The number of piperazine rings is 1. The van der Waals surface area contributed by atoms with Crippen molar-refractivity contribution in [3.63, 3.8) is 0 Å². The number of anilines is 1. The van der Waals surface area contributed by atoms with Crippen molar-refractivity contribution in [3.05, 3.63) is 87.8 Å². The van der Waals surface area contributed by atoms with Crippen LogP contribution in [0, 0.1) is 12.7 Å². The Hall–Kier alpha value is -4.11. The van der Waals surface area contributed by atoms with Crippen molar-refractivity contribution in [2.45, 2.75) is 52.6 Å². The van der Waals surface area contributed by atoms with Gasteiger partial charge >= 0.3 is 5.69 Å². The summed E-state index contributed by atoms with van der Waals surface area (Å²) in [6.45, 7) is 14.4. The molecule has 0 saturated carbocycles. The Morgan fingerprint density at radius 1 is 1.15 bits per heavy atom. The van der Waals surface area contributed by atoms with Crippen molar-refractivity contribution in [1.82, 2.24) is 24.4 Å². The Kier molecular flexibility index (Phi) is 7.66. The van der Waals surface area contributed by atoms with E-state index in [4.69, 9.17) is 16.6 Å². The molecule has 1 amide bonds. The molecular weight excluding hydrogens is 543 g/mol. The predicted molar refractivity (Wildman–Crippen MR) is 160 cm³/mol. The number of halogens is 2. The first kappa shape index (κ1) is 28.4. The van der Waals surface area contributed by atoms with E-state index in [9.17, 15) is 14.0 Å². The maximum atomic E-state index is 14.2. The Morgan fingerprint density at radius 2 is 1.90 bits per heavy atom. The quantitative estimate of drug-likeness (QED) is 0.285. The normalized spacial score (nSPS) is 17.4. The highest BCUT2D eigenvalue weighted by Gasteiger charge is 2.34. The molecule has 5 rings (SSSR count). The third kappa shape index (κ3) is 5.10. The first-order chi connectivity index (χ1) is 19.5. The van der Waals surface area contributed by atoms with Crippen molar-refractivity contribution in [1.29, 1.82) is 0 Å². The van der Waals surface area contributed by atoms with Gasteiger partial charge in [0.1, 0.15) is 11.6 Å². The van der Waals surface area contributed by atoms with Gasteiger partial charge in [-0.15, -0.1) is 0 Å². The Labute approximate surface area is 243 Å². The molecule has 1 aliphatic heterocycles. The molecule has 2 unspecified atom stereocenters. The van der Waals surface area contributed by atoms with Gasteiger partial charge in [0, 0.05) is 36.9 Å². The fraction of sp³-hybridized carbons (Fsp3) is 0.323. The van der Waals surface area contributed by atoms with Gasteiger partial charge in [-0.3, -0.25) is 9.78 Å². The number of benzene rings is 1. The lowest BCUT2D eigenvalue weighted by molar-refractivity contribution is -0.128. The van der Waals surface area contributed by atoms with Crippen molar-refractivity contribution < 1.29 is 9.18 Å². The van der Waals surface area contributed by atoms with Crippen LogP contribution in [0.4, 0.5) is 10.2 Å². The van der Waals surface area contributed by atoms with Crippen LogP contribution in [0.15, 0.2) is 60.0 Å². The number of hydrogen-bond acceptors (Lipinski definition) is 6. The average molecular weight is 575 g/mol. The molecule has 212 valence electrons. The second kappa shape index (κ2) is 11.0. The number of aryl methyl sites for hydroxylation is 1. The fourth-order valence-electron chi connectivity index (χ4n) is 5.50. The summed E-state index contributed by atoms with van der Waals surface area (Å²) in [7, 11) is 0. The highest BCUT2D eigenvalue weighted by Crippen LogP contribution is 2.36. The van der Waals surface area contributed by atoms with Gasteiger partial charge in [-0.2, -0.15) is 4.98 Å². The van der Waals surface area contributed by atoms with Gasteiger partial charge in [-0.25, -0.2) is 18.7 Å². The number of fused-ring (bicyclic) bond motifs is 1. The third-order valence-corrected chi connectivity index (χ3v) is 7.83. The van der Waals surface area contributed by atoms with Crippen LogP contribution >= 0.6 is 11.6 Å². The minimum absolute atomic E-state index is 0.0119. The number of hydrogen-bond donors (Lipinski definition) is 0. The zero-order valence-corrected chi connectivity index (χ0v) is 24.5. The van der Waals surface area contributed by atoms with E-state index < -0.39 is 11.5 Å². The van der Waals surface area contributed by atoms with Gasteiger partial charge in [-0.1, -0.05) is 44.2 Å². The van der Waals surface area contributed by atoms with Crippen LogP contribution in [0.2, 0.25) is 5.02 Å². The number of amides is 1. The lowest BCUT2D eigenvalue weighted by Gasteiger charge is -2.44. The second-order valence-corrected chi connectivity index (χ2v) is 11.2. The van der Waals surface area contributed by atoms with E-state index in [2.05, 4.69) is 16.5 Å². The van der Waals surface area contributed by atoms with E-state index in [0.717, 1.165) is 11.3 Å². The summed E-state index contributed by atoms with van der Waals surface area (Å²) < 4.78 is 15.7. The second-order valence-electron chi connectivity index (χ2n) is 10.8. The average Bonchev–Trinajstić information content (AvgIpc) is 2.93. The lowest BCUT2D eigenvalue weighted by atomic mass is 10.0. The summed E-state index contributed by atoms with van der Waals surface area (Å²) in [5.41, 5.74) is 2.83. The molecule has 0 bridgehead atoms. The first-order valence-electron chi connectivity index (χ1n) is 13.6. The van der Waals surface area contributed by atoms with Gasteiger partial charge in [0.2, 0.25) is 5.91 Å². The molecule has 41 heavy (non-hydrogen) atoms. The molecule has 1 saturated heterocycles. The van der Waals surface area contributed by atoms with Crippen molar-refractivity contribution in [2.75, 3.05) is 18.0 Å². The highest BCUT2D eigenvalue weighted by molar-refractivity contribution is 6.33. The van der Waals surface area contributed by atoms with Crippen LogP contribution in [-0.4, -0.2) is 55.5 Å². The van der Waals surface area contributed by atoms with Crippen LogP contribution in [0.25, 0.3) is 28.0 Å². The van der Waals surface area contributed by atoms with Crippen LogP contribution in [-0.2, 0) is 4.79 Å². The molecular formula is C31H32ClFN6O2. The monoisotopic (exact) mass is 574 g/mol. The van der Waals surface area contributed by atoms with E-state index in [0.29, 0.717) is 51.9 Å². The summed E-state index contributed by atoms with van der Waals surface area (Å²) in [6, 6.07) is 9.30. The molecule has 4 aromatic rings. The highest BCUT2D eigenvalue weighted by atomic mass is 35.5. The summed E-state index contributed by atoms with van der Waals surface area (Å²) in [6.07, 6.45) is 3.03. The first-order valence-corrected chi connectivity index (χ1v) is 13.9. The largest absolute Gasteiger partial charge is 0.355 e. The van der Waals surface area contributed by atoms with Gasteiger partial charge in [0.15, 0.2) is 5.65 Å². The minimum Gasteiger partial charge on any atom is -0.349 e. The molecule has 2 atom stereocenters. The number of pyridine rings is 2. The van der Waals surface area contributed by atoms with E-state index in [1.165, 1.54) is 22.8 Å². The molecule has 0 N–H and O–H groups in total. The van der Waals surface area contributed by atoms with Gasteiger partial charge in [0.25, 0.3) is 0 Å². The van der Waals surface area contributed by atoms with Gasteiger partial charge in [-0.05, 0) is 62.6 Å². The van der Waals surface area contributed by atoms with E-state index in [1.807, 2.05) is 45.6 Å². The SMILES string of the molecule is C=CC(=O)N1CC(C)N(c2nc(=O)n(-c3c(C)ccnc3C(C)C)c3nc(-c4cccc(F)c4)c(Cl)cc23)CC1C. The summed E-state index contributed by atoms with van der Waals surface area (Å²) in [5, 5.41) is 0.861. The van der Waals surface area contributed by atoms with Crippen LogP contribution < -0.4 is 10.6 Å². The van der Waals surface area contributed by atoms with Crippen molar-refractivity contribution >= 4 is 34.4 Å². The maximum Gasteiger partial charge on any atom is 0.355 e. The predicted octanol–water partition coefficient (Wildman–Crippen LogP) is 5.68. The standard InChI is InChI=1S/C31H32ClFN6O2/c1-7-25(40)37-15-20(6)38(16-19(37)5)29-23-14-24(32)27(21-9-8-10-22(33)13-21)35-30(23)39(31(41)36-29)28-18(4)11-12-34-26(28)17(2)3/h7-14,17,19-20H,1,15-16H2,2-6H3. The molecule has 3 aromatic heterocycles. The zero-order chi connectivity index (χ0) is 29.6. The summed E-state index contributed by atoms with van der Waals surface area (Å²) in [4.78, 5) is 44.3. The van der Waals surface area contributed by atoms with Crippen molar-refractivity contribution in [2.24, 2.45) is 0 Å². The number of carbonyl (C=O) groups is 1. The number of carbonyl (C=O) groups excluding carboxylic acids is 1.